The maximum absolute atomic E-state index is 12.6. The van der Waals surface area contributed by atoms with Crippen LogP contribution in [-0.4, -0.2) is 27.3 Å². The van der Waals surface area contributed by atoms with E-state index in [9.17, 15) is 18.0 Å². The molecule has 0 fully saturated rings. The van der Waals surface area contributed by atoms with Crippen LogP contribution in [0.5, 0.6) is 5.75 Å². The van der Waals surface area contributed by atoms with E-state index in [1.165, 1.54) is 43.7 Å². The summed E-state index contributed by atoms with van der Waals surface area (Å²) in [5.41, 5.74) is 5.28. The molecule has 0 spiro atoms. The fourth-order valence-electron chi connectivity index (χ4n) is 2.59. The summed E-state index contributed by atoms with van der Waals surface area (Å²) in [6.45, 7) is 1.62. The second-order valence-electron chi connectivity index (χ2n) is 6.13. The Kier molecular flexibility index (Phi) is 6.07. The van der Waals surface area contributed by atoms with Crippen molar-refractivity contribution in [3.05, 3.63) is 77.7 Å². The van der Waals surface area contributed by atoms with Crippen molar-refractivity contribution in [2.24, 2.45) is 0 Å². The summed E-state index contributed by atoms with van der Waals surface area (Å²) < 4.78 is 37.8. The van der Waals surface area contributed by atoms with Crippen molar-refractivity contribution < 1.29 is 27.2 Å². The lowest BCUT2D eigenvalue weighted by Gasteiger charge is -2.12. The van der Waals surface area contributed by atoms with Crippen LogP contribution in [0.4, 0.5) is 5.69 Å². The van der Waals surface area contributed by atoms with E-state index in [4.69, 9.17) is 9.15 Å². The number of methoxy groups -OCH3 is 1. The van der Waals surface area contributed by atoms with Gasteiger partial charge in [-0.3, -0.25) is 25.2 Å². The Morgan fingerprint density at radius 3 is 2.23 bits per heavy atom. The van der Waals surface area contributed by atoms with E-state index in [1.54, 1.807) is 31.2 Å². The number of sulfonamides is 1. The first-order chi connectivity index (χ1) is 14.3. The number of rotatable bonds is 6. The highest BCUT2D eigenvalue weighted by atomic mass is 32.2. The monoisotopic (exact) mass is 429 g/mol. The maximum atomic E-state index is 12.6. The molecule has 10 heteroatoms. The molecule has 0 aliphatic rings. The molecule has 3 rings (SSSR count). The molecule has 156 valence electrons. The zero-order valence-corrected chi connectivity index (χ0v) is 16.9. The van der Waals surface area contributed by atoms with Crippen LogP contribution in [-0.2, 0) is 10.0 Å². The fraction of sp³-hybridized carbons (Fsp3) is 0.100. The lowest BCUT2D eigenvalue weighted by molar-refractivity contribution is 0.0845. The summed E-state index contributed by atoms with van der Waals surface area (Å²) in [7, 11) is -2.45. The van der Waals surface area contributed by atoms with Crippen LogP contribution in [0, 0.1) is 6.92 Å². The van der Waals surface area contributed by atoms with Crippen LogP contribution in [0.15, 0.2) is 70.2 Å². The molecular weight excluding hydrogens is 410 g/mol. The van der Waals surface area contributed by atoms with Gasteiger partial charge in [0.1, 0.15) is 11.5 Å². The molecule has 0 radical (unpaired) electrons. The second-order valence-corrected chi connectivity index (χ2v) is 7.81. The second kappa shape index (κ2) is 8.70. The number of aryl methyl sites for hydroxylation is 1. The Bertz CT molecular complexity index is 1170. The fourth-order valence-corrected chi connectivity index (χ4v) is 3.66. The third-order valence-electron chi connectivity index (χ3n) is 4.17. The minimum absolute atomic E-state index is 0.0389. The van der Waals surface area contributed by atoms with Gasteiger partial charge in [0.2, 0.25) is 0 Å². The number of hydrogen-bond acceptors (Lipinski definition) is 6. The summed E-state index contributed by atoms with van der Waals surface area (Å²) in [5.74, 6) is -0.347. The third kappa shape index (κ3) is 4.61. The Balaban J connectivity index is 1.67. The Morgan fingerprint density at radius 2 is 1.60 bits per heavy atom. The number of benzene rings is 2. The molecule has 0 aliphatic carbocycles. The molecular formula is C20H19N3O6S. The lowest BCUT2D eigenvalue weighted by Crippen LogP contribution is -2.41. The van der Waals surface area contributed by atoms with Gasteiger partial charge in [0.25, 0.3) is 21.8 Å². The first kappa shape index (κ1) is 20.9. The normalized spacial score (nSPS) is 10.9. The van der Waals surface area contributed by atoms with Gasteiger partial charge in [0.15, 0.2) is 0 Å². The van der Waals surface area contributed by atoms with Gasteiger partial charge in [0, 0.05) is 5.56 Å². The van der Waals surface area contributed by atoms with E-state index in [2.05, 4.69) is 15.6 Å². The first-order valence-corrected chi connectivity index (χ1v) is 10.2. The minimum Gasteiger partial charge on any atom is -0.495 e. The number of carbonyl (C=O) groups is 2. The molecule has 2 amide bonds. The first-order valence-electron chi connectivity index (χ1n) is 8.72. The Morgan fingerprint density at radius 1 is 0.933 bits per heavy atom. The van der Waals surface area contributed by atoms with E-state index >= 15 is 0 Å². The van der Waals surface area contributed by atoms with Gasteiger partial charge < -0.3 is 9.15 Å². The average Bonchev–Trinajstić information content (AvgIpc) is 3.18. The summed E-state index contributed by atoms with van der Waals surface area (Å²) in [6.07, 6.45) is 1.37. The predicted octanol–water partition coefficient (Wildman–Crippen LogP) is 2.47. The molecule has 1 heterocycles. The Hall–Kier alpha value is -3.79. The Labute approximate surface area is 173 Å². The predicted molar refractivity (Wildman–Crippen MR) is 109 cm³/mol. The number of carbonyl (C=O) groups excluding carboxylic acids is 2. The number of amides is 2. The largest absolute Gasteiger partial charge is 0.495 e. The lowest BCUT2D eigenvalue weighted by atomic mass is 10.2. The molecule has 2 aromatic carbocycles. The van der Waals surface area contributed by atoms with E-state index in [0.29, 0.717) is 22.8 Å². The van der Waals surface area contributed by atoms with E-state index in [1.807, 2.05) is 0 Å². The zero-order chi connectivity index (χ0) is 21.7. The van der Waals surface area contributed by atoms with Crippen molar-refractivity contribution in [2.45, 2.75) is 11.8 Å². The summed E-state index contributed by atoms with van der Waals surface area (Å²) in [5, 5.41) is 0. The number of hydrogen-bond donors (Lipinski definition) is 3. The number of para-hydroxylation sites is 2. The van der Waals surface area contributed by atoms with Gasteiger partial charge >= 0.3 is 0 Å². The highest BCUT2D eigenvalue weighted by Gasteiger charge is 2.18. The van der Waals surface area contributed by atoms with Crippen molar-refractivity contribution >= 4 is 27.5 Å². The molecule has 0 aliphatic heterocycles. The van der Waals surface area contributed by atoms with Gasteiger partial charge in [-0.05, 0) is 49.4 Å². The standard InChI is InChI=1S/C20H19N3O6S/c1-13-16(11-12-29-13)20(25)22-21-19(24)14-7-9-15(10-8-14)30(26,27)23-17-5-3-4-6-18(17)28-2/h3-12,23H,1-2H3,(H,21,24)(H,22,25). The molecule has 3 N–H and O–H groups in total. The number of hydrazine groups is 1. The number of furan rings is 1. The van der Waals surface area contributed by atoms with Crippen LogP contribution in [0.25, 0.3) is 0 Å². The summed E-state index contributed by atoms with van der Waals surface area (Å²) in [4.78, 5) is 24.2. The molecule has 0 bridgehead atoms. The molecule has 0 saturated heterocycles. The SMILES string of the molecule is COc1ccccc1NS(=O)(=O)c1ccc(C(=O)NNC(=O)c2ccoc2C)cc1. The average molecular weight is 429 g/mol. The summed E-state index contributed by atoms with van der Waals surface area (Å²) in [6, 6.07) is 13.3. The highest BCUT2D eigenvalue weighted by Crippen LogP contribution is 2.26. The molecule has 0 atom stereocenters. The van der Waals surface area contributed by atoms with Gasteiger partial charge in [0.05, 0.1) is 29.5 Å². The number of nitrogens with one attached hydrogen (secondary N) is 3. The van der Waals surface area contributed by atoms with E-state index in [0.717, 1.165) is 0 Å². The van der Waals surface area contributed by atoms with Gasteiger partial charge in [-0.2, -0.15) is 0 Å². The van der Waals surface area contributed by atoms with Crippen LogP contribution < -0.4 is 20.3 Å². The highest BCUT2D eigenvalue weighted by molar-refractivity contribution is 7.92. The van der Waals surface area contributed by atoms with Crippen molar-refractivity contribution in [1.82, 2.24) is 10.9 Å². The molecule has 0 saturated carbocycles. The van der Waals surface area contributed by atoms with Crippen LogP contribution in [0.1, 0.15) is 26.5 Å². The smallest absolute Gasteiger partial charge is 0.273 e. The van der Waals surface area contributed by atoms with Gasteiger partial charge in [-0.25, -0.2) is 8.42 Å². The van der Waals surface area contributed by atoms with Crippen LogP contribution in [0.2, 0.25) is 0 Å². The topological polar surface area (TPSA) is 127 Å². The third-order valence-corrected chi connectivity index (χ3v) is 5.55. The van der Waals surface area contributed by atoms with Crippen molar-refractivity contribution in [1.29, 1.82) is 0 Å². The molecule has 1 aromatic heterocycles. The van der Waals surface area contributed by atoms with E-state index < -0.39 is 21.8 Å². The quantitative estimate of drug-likeness (QED) is 0.517. The van der Waals surface area contributed by atoms with Crippen LogP contribution in [0.3, 0.4) is 0 Å². The van der Waals surface area contributed by atoms with Gasteiger partial charge in [-0.15, -0.1) is 0 Å². The van der Waals surface area contributed by atoms with Gasteiger partial charge in [-0.1, -0.05) is 12.1 Å². The van der Waals surface area contributed by atoms with Crippen molar-refractivity contribution in [2.75, 3.05) is 11.8 Å². The molecule has 30 heavy (non-hydrogen) atoms. The van der Waals surface area contributed by atoms with Crippen LogP contribution >= 0.6 is 0 Å². The summed E-state index contributed by atoms with van der Waals surface area (Å²) >= 11 is 0. The molecule has 3 aromatic rings. The van der Waals surface area contributed by atoms with Crippen molar-refractivity contribution in [3.63, 3.8) is 0 Å². The molecule has 9 nitrogen and oxygen atoms in total. The number of anilines is 1. The maximum Gasteiger partial charge on any atom is 0.273 e. The zero-order valence-electron chi connectivity index (χ0n) is 16.1. The van der Waals surface area contributed by atoms with E-state index in [-0.39, 0.29) is 10.5 Å². The minimum atomic E-state index is -3.89. The van der Waals surface area contributed by atoms with Crippen molar-refractivity contribution in [3.8, 4) is 5.75 Å². The molecule has 0 unspecified atom stereocenters. The number of ether oxygens (including phenoxy) is 1.